The maximum Gasteiger partial charge on any atom is 0.257 e. The van der Waals surface area contributed by atoms with Gasteiger partial charge in [0, 0.05) is 10.8 Å². The highest BCUT2D eigenvalue weighted by Crippen LogP contribution is 2.44. The monoisotopic (exact) mass is 449 g/mol. The number of fused-ring (bicyclic) bond motifs is 2. The molecule has 0 aliphatic carbocycles. The van der Waals surface area contributed by atoms with Crippen molar-refractivity contribution < 1.29 is 9.15 Å². The molecule has 2 aromatic heterocycles. The van der Waals surface area contributed by atoms with E-state index in [0.29, 0.717) is 38.6 Å². The molecule has 0 bridgehead atoms. The molecule has 1 aliphatic rings. The minimum absolute atomic E-state index is 0.0739. The third-order valence-corrected chi connectivity index (χ3v) is 6.28. The maximum absolute atomic E-state index is 9.81. The molecule has 3 heterocycles. The van der Waals surface area contributed by atoms with E-state index in [4.69, 9.17) is 26.5 Å². The number of halogens is 1. The lowest BCUT2D eigenvalue weighted by atomic mass is 9.82. The van der Waals surface area contributed by atoms with Gasteiger partial charge in [-0.15, -0.1) is 5.10 Å². The van der Waals surface area contributed by atoms with Crippen LogP contribution in [0.3, 0.4) is 0 Å². The van der Waals surface area contributed by atoms with Gasteiger partial charge >= 0.3 is 0 Å². The van der Waals surface area contributed by atoms with Crippen molar-refractivity contribution in [2.45, 2.75) is 23.8 Å². The molecule has 3 N–H and O–H groups in total. The van der Waals surface area contributed by atoms with Gasteiger partial charge in [-0.2, -0.15) is 5.26 Å². The van der Waals surface area contributed by atoms with Gasteiger partial charge in [0.15, 0.2) is 5.58 Å². The summed E-state index contributed by atoms with van der Waals surface area (Å²) in [4.78, 5) is 4.48. The van der Waals surface area contributed by atoms with Crippen LogP contribution in [0.15, 0.2) is 63.6 Å². The summed E-state index contributed by atoms with van der Waals surface area (Å²) in [6.07, 6.45) is 0. The van der Waals surface area contributed by atoms with Gasteiger partial charge in [-0.1, -0.05) is 47.6 Å². The first-order chi connectivity index (χ1) is 15.0. The zero-order chi connectivity index (χ0) is 21.5. The van der Waals surface area contributed by atoms with E-state index in [1.807, 2.05) is 31.2 Å². The number of benzene rings is 2. The molecule has 0 saturated heterocycles. The van der Waals surface area contributed by atoms with Crippen molar-refractivity contribution in [3.63, 3.8) is 0 Å². The van der Waals surface area contributed by atoms with Crippen LogP contribution in [0.4, 0.5) is 0 Å². The second-order valence-corrected chi connectivity index (χ2v) is 8.45. The lowest BCUT2D eigenvalue weighted by Gasteiger charge is -2.25. The fraction of sp³-hybridized carbons (Fsp3) is 0.136. The average Bonchev–Trinajstić information content (AvgIpc) is 3.34. The molecule has 0 saturated carbocycles. The van der Waals surface area contributed by atoms with Crippen molar-refractivity contribution in [2.75, 3.05) is 0 Å². The number of aromatic nitrogens is 3. The van der Waals surface area contributed by atoms with Gasteiger partial charge in [0.2, 0.25) is 11.8 Å². The Hall–Kier alpha value is -3.41. The Kier molecular flexibility index (Phi) is 4.85. The number of aromatic amines is 1. The van der Waals surface area contributed by atoms with Crippen LogP contribution in [-0.4, -0.2) is 15.2 Å². The molecular formula is C22H16ClN5O2S. The first-order valence-corrected chi connectivity index (χ1v) is 10.8. The Morgan fingerprint density at radius 1 is 1.29 bits per heavy atom. The lowest BCUT2D eigenvalue weighted by molar-refractivity contribution is 0.378. The normalized spacial score (nSPS) is 15.6. The van der Waals surface area contributed by atoms with E-state index in [-0.39, 0.29) is 11.8 Å². The largest absolute Gasteiger partial charge is 0.431 e. The minimum atomic E-state index is -0.369. The van der Waals surface area contributed by atoms with E-state index in [9.17, 15) is 5.26 Å². The van der Waals surface area contributed by atoms with E-state index >= 15 is 0 Å². The highest BCUT2D eigenvalue weighted by molar-refractivity contribution is 7.98. The van der Waals surface area contributed by atoms with Crippen LogP contribution in [0.25, 0.3) is 11.1 Å². The molecule has 0 amide bonds. The molecule has 0 spiro atoms. The molecule has 7 nitrogen and oxygen atoms in total. The fourth-order valence-corrected chi connectivity index (χ4v) is 4.68. The number of nitrogens with one attached hydrogen (secondary N) is 1. The van der Waals surface area contributed by atoms with Crippen LogP contribution in [0.5, 0.6) is 5.88 Å². The quantitative estimate of drug-likeness (QED) is 0.420. The molecule has 154 valence electrons. The summed E-state index contributed by atoms with van der Waals surface area (Å²) in [6, 6.07) is 15.4. The Bertz CT molecular complexity index is 1380. The first-order valence-electron chi connectivity index (χ1n) is 9.44. The summed E-state index contributed by atoms with van der Waals surface area (Å²) in [5.74, 6) is 0.578. The summed E-state index contributed by atoms with van der Waals surface area (Å²) in [5.41, 5.74) is 11.4. The zero-order valence-electron chi connectivity index (χ0n) is 16.3. The van der Waals surface area contributed by atoms with Crippen LogP contribution in [0, 0.1) is 18.3 Å². The van der Waals surface area contributed by atoms with Gasteiger partial charge in [0.25, 0.3) is 5.22 Å². The standard InChI is InChI=1S/C22H16ClN5O2S/c1-11-4-2-3-5-13(11)18-14(9-24)20(25)30-21-19(18)16(27-28-21)10-31-22-26-15-8-12(23)6-7-17(15)29-22/h2-8,18H,10,25H2,1H3,(H,27,28). The van der Waals surface area contributed by atoms with E-state index in [1.54, 1.807) is 18.2 Å². The Morgan fingerprint density at radius 2 is 2.13 bits per heavy atom. The molecule has 2 aromatic carbocycles. The van der Waals surface area contributed by atoms with E-state index in [1.165, 1.54) is 11.8 Å². The number of nitrogens with two attached hydrogens (primary N) is 1. The number of allylic oxidation sites excluding steroid dienone is 1. The van der Waals surface area contributed by atoms with Gasteiger partial charge in [-0.3, -0.25) is 5.10 Å². The second-order valence-electron chi connectivity index (χ2n) is 7.08. The molecule has 0 radical (unpaired) electrons. The predicted octanol–water partition coefficient (Wildman–Crippen LogP) is 5.02. The number of ether oxygens (including phenoxy) is 1. The molecule has 5 rings (SSSR count). The summed E-state index contributed by atoms with van der Waals surface area (Å²) < 4.78 is 11.5. The molecule has 1 atom stereocenters. The lowest BCUT2D eigenvalue weighted by Crippen LogP contribution is -2.21. The second kappa shape index (κ2) is 7.69. The Morgan fingerprint density at radius 3 is 2.94 bits per heavy atom. The van der Waals surface area contributed by atoms with E-state index in [0.717, 1.165) is 22.4 Å². The number of rotatable bonds is 4. The van der Waals surface area contributed by atoms with Crippen molar-refractivity contribution in [3.8, 4) is 11.9 Å². The first kappa shape index (κ1) is 19.5. The molecule has 0 fully saturated rings. The van der Waals surface area contributed by atoms with Crippen molar-refractivity contribution in [1.82, 2.24) is 15.2 Å². The summed E-state index contributed by atoms with van der Waals surface area (Å²) >= 11 is 7.45. The van der Waals surface area contributed by atoms with Crippen molar-refractivity contribution in [2.24, 2.45) is 5.73 Å². The number of hydrogen-bond acceptors (Lipinski definition) is 7. The van der Waals surface area contributed by atoms with E-state index < -0.39 is 0 Å². The smallest absolute Gasteiger partial charge is 0.257 e. The SMILES string of the molecule is Cc1ccccc1C1C(C#N)=C(N)Oc2n[nH]c(CSc3nc4cc(Cl)ccc4o3)c21. The van der Waals surface area contributed by atoms with Gasteiger partial charge in [-0.05, 0) is 36.2 Å². The summed E-state index contributed by atoms with van der Waals surface area (Å²) in [7, 11) is 0. The summed E-state index contributed by atoms with van der Waals surface area (Å²) in [6.45, 7) is 2.01. The zero-order valence-corrected chi connectivity index (χ0v) is 17.9. The fourth-order valence-electron chi connectivity index (χ4n) is 3.72. The van der Waals surface area contributed by atoms with Crippen LogP contribution in [0.1, 0.15) is 28.3 Å². The van der Waals surface area contributed by atoms with Crippen molar-refractivity contribution >= 4 is 34.5 Å². The average molecular weight is 450 g/mol. The third-order valence-electron chi connectivity index (χ3n) is 5.19. The number of H-pyrrole nitrogens is 1. The number of aryl methyl sites for hydroxylation is 1. The van der Waals surface area contributed by atoms with E-state index in [2.05, 4.69) is 21.3 Å². The van der Waals surface area contributed by atoms with Gasteiger partial charge in [0.1, 0.15) is 17.2 Å². The minimum Gasteiger partial charge on any atom is -0.431 e. The third kappa shape index (κ3) is 3.42. The van der Waals surface area contributed by atoms with Crippen LogP contribution < -0.4 is 10.5 Å². The van der Waals surface area contributed by atoms with Gasteiger partial charge in [-0.25, -0.2) is 4.98 Å². The molecular weight excluding hydrogens is 434 g/mol. The van der Waals surface area contributed by atoms with Crippen LogP contribution in [-0.2, 0) is 5.75 Å². The number of nitriles is 1. The maximum atomic E-state index is 9.81. The highest BCUT2D eigenvalue weighted by Gasteiger charge is 2.35. The molecule has 9 heteroatoms. The number of oxazole rings is 1. The summed E-state index contributed by atoms with van der Waals surface area (Å²) in [5, 5.41) is 18.3. The number of hydrogen-bond donors (Lipinski definition) is 2. The van der Waals surface area contributed by atoms with Crippen molar-refractivity contribution in [3.05, 3.63) is 81.3 Å². The van der Waals surface area contributed by atoms with Crippen LogP contribution >= 0.6 is 23.4 Å². The molecule has 1 aliphatic heterocycles. The highest BCUT2D eigenvalue weighted by atomic mass is 35.5. The van der Waals surface area contributed by atoms with Crippen molar-refractivity contribution in [1.29, 1.82) is 5.26 Å². The molecule has 4 aromatic rings. The number of nitrogens with zero attached hydrogens (tertiary/aromatic N) is 3. The predicted molar refractivity (Wildman–Crippen MR) is 118 cm³/mol. The van der Waals surface area contributed by atoms with Gasteiger partial charge < -0.3 is 14.9 Å². The molecule has 31 heavy (non-hydrogen) atoms. The number of thioether (sulfide) groups is 1. The Balaban J connectivity index is 1.52. The molecule has 1 unspecified atom stereocenters. The Labute approximate surface area is 186 Å². The topological polar surface area (TPSA) is 114 Å². The van der Waals surface area contributed by atoms with Gasteiger partial charge in [0.05, 0.1) is 17.2 Å². The van der Waals surface area contributed by atoms with Crippen LogP contribution in [0.2, 0.25) is 5.02 Å².